The van der Waals surface area contributed by atoms with E-state index < -0.39 is 5.91 Å². The minimum absolute atomic E-state index is 0.100. The Morgan fingerprint density at radius 1 is 1.29 bits per heavy atom. The van der Waals surface area contributed by atoms with Gasteiger partial charge >= 0.3 is 0 Å². The van der Waals surface area contributed by atoms with E-state index in [2.05, 4.69) is 5.32 Å². The molecule has 0 saturated heterocycles. The molecule has 2 rings (SSSR count). The van der Waals surface area contributed by atoms with Crippen molar-refractivity contribution >= 4 is 23.2 Å². The Morgan fingerprint density at radius 3 is 2.62 bits per heavy atom. The Labute approximate surface area is 128 Å². The molecule has 3 N–H and O–H groups in total. The molecule has 1 aromatic heterocycles. The van der Waals surface area contributed by atoms with Crippen molar-refractivity contribution in [1.29, 1.82) is 0 Å². The van der Waals surface area contributed by atoms with Gasteiger partial charge in [0.1, 0.15) is 0 Å². The Balaban J connectivity index is 2.14. The van der Waals surface area contributed by atoms with Crippen molar-refractivity contribution < 1.29 is 9.59 Å². The molecule has 0 aliphatic carbocycles. The molecule has 1 heterocycles. The summed E-state index contributed by atoms with van der Waals surface area (Å²) in [7, 11) is 0. The zero-order chi connectivity index (χ0) is 15.6. The molecular weight excluding hydrogens is 284 g/mol. The highest BCUT2D eigenvalue weighted by molar-refractivity contribution is 7.12. The second-order valence-electron chi connectivity index (χ2n) is 5.05. The highest BCUT2D eigenvalue weighted by Gasteiger charge is 2.16. The molecule has 0 aliphatic heterocycles. The third kappa shape index (κ3) is 3.31. The molecule has 1 atom stereocenters. The van der Waals surface area contributed by atoms with E-state index >= 15 is 0 Å². The lowest BCUT2D eigenvalue weighted by atomic mass is 9.98. The van der Waals surface area contributed by atoms with Crippen LogP contribution in [0.4, 0.5) is 0 Å². The molecule has 2 aromatic rings. The normalized spacial score (nSPS) is 12.0. The summed E-state index contributed by atoms with van der Waals surface area (Å²) in [5.41, 5.74) is 9.02. The zero-order valence-corrected chi connectivity index (χ0v) is 13.1. The van der Waals surface area contributed by atoms with Crippen molar-refractivity contribution in [3.63, 3.8) is 0 Å². The molecule has 21 heavy (non-hydrogen) atoms. The highest BCUT2D eigenvalue weighted by Crippen LogP contribution is 2.21. The van der Waals surface area contributed by atoms with Crippen molar-refractivity contribution in [2.75, 3.05) is 0 Å². The predicted octanol–water partition coefficient (Wildman–Crippen LogP) is 2.95. The number of amides is 2. The van der Waals surface area contributed by atoms with E-state index in [1.54, 1.807) is 5.38 Å². The fourth-order valence-electron chi connectivity index (χ4n) is 2.17. The Bertz CT molecular complexity index is 691. The van der Waals surface area contributed by atoms with E-state index in [0.717, 1.165) is 5.56 Å². The first-order valence-corrected chi connectivity index (χ1v) is 7.53. The van der Waals surface area contributed by atoms with Gasteiger partial charge in [-0.1, -0.05) is 18.2 Å². The molecule has 0 unspecified atom stereocenters. The van der Waals surface area contributed by atoms with Gasteiger partial charge in [0.25, 0.3) is 5.91 Å². The highest BCUT2D eigenvalue weighted by atomic mass is 32.1. The van der Waals surface area contributed by atoms with Crippen LogP contribution in [0.2, 0.25) is 0 Å². The quantitative estimate of drug-likeness (QED) is 0.911. The molecule has 1 aromatic carbocycles. The van der Waals surface area contributed by atoms with Gasteiger partial charge in [-0.2, -0.15) is 0 Å². The Kier molecular flexibility index (Phi) is 4.43. The van der Waals surface area contributed by atoms with Crippen molar-refractivity contribution in [2.24, 2.45) is 5.73 Å². The zero-order valence-electron chi connectivity index (χ0n) is 12.3. The van der Waals surface area contributed by atoms with Gasteiger partial charge in [0.15, 0.2) is 0 Å². The van der Waals surface area contributed by atoms with E-state index in [-0.39, 0.29) is 11.9 Å². The fourth-order valence-corrected chi connectivity index (χ4v) is 2.97. The largest absolute Gasteiger partial charge is 0.366 e. The molecule has 0 aliphatic rings. The molecule has 0 radical (unpaired) electrons. The van der Waals surface area contributed by atoms with Gasteiger partial charge in [-0.05, 0) is 43.5 Å². The van der Waals surface area contributed by atoms with Crippen molar-refractivity contribution in [1.82, 2.24) is 5.32 Å². The number of nitrogens with two attached hydrogens (primary N) is 1. The van der Waals surface area contributed by atoms with Gasteiger partial charge in [0.05, 0.1) is 16.5 Å². The average molecular weight is 302 g/mol. The minimum atomic E-state index is -0.520. The summed E-state index contributed by atoms with van der Waals surface area (Å²) in [6, 6.07) is 7.47. The number of benzene rings is 1. The average Bonchev–Trinajstić information content (AvgIpc) is 2.91. The first-order chi connectivity index (χ1) is 9.90. The van der Waals surface area contributed by atoms with Crippen molar-refractivity contribution in [3.05, 3.63) is 56.8 Å². The smallest absolute Gasteiger partial charge is 0.261 e. The number of primary amides is 1. The lowest BCUT2D eigenvalue weighted by Crippen LogP contribution is -2.26. The van der Waals surface area contributed by atoms with Crippen LogP contribution in [-0.4, -0.2) is 11.8 Å². The third-order valence-corrected chi connectivity index (χ3v) is 4.50. The number of thiophene rings is 1. The van der Waals surface area contributed by atoms with Crippen LogP contribution in [0.5, 0.6) is 0 Å². The van der Waals surface area contributed by atoms with Crippen LogP contribution in [0.15, 0.2) is 29.6 Å². The van der Waals surface area contributed by atoms with Gasteiger partial charge in [-0.3, -0.25) is 9.59 Å². The lowest BCUT2D eigenvalue weighted by Gasteiger charge is -2.17. The maximum Gasteiger partial charge on any atom is 0.261 e. The number of nitrogens with one attached hydrogen (secondary N) is 1. The molecule has 0 fully saturated rings. The second kappa shape index (κ2) is 6.10. The van der Waals surface area contributed by atoms with Crippen molar-refractivity contribution in [3.8, 4) is 0 Å². The Morgan fingerprint density at radius 2 is 2.00 bits per heavy atom. The summed E-state index contributed by atoms with van der Waals surface area (Å²) < 4.78 is 0. The van der Waals surface area contributed by atoms with Crippen LogP contribution < -0.4 is 11.1 Å². The van der Waals surface area contributed by atoms with Gasteiger partial charge in [0, 0.05) is 5.38 Å². The fraction of sp³-hybridized carbons (Fsp3) is 0.250. The first-order valence-electron chi connectivity index (χ1n) is 6.65. The van der Waals surface area contributed by atoms with E-state index in [0.29, 0.717) is 10.4 Å². The molecule has 4 nitrogen and oxygen atoms in total. The predicted molar refractivity (Wildman–Crippen MR) is 84.6 cm³/mol. The van der Waals surface area contributed by atoms with Gasteiger partial charge in [-0.25, -0.2) is 0 Å². The molecule has 110 valence electrons. The van der Waals surface area contributed by atoms with Crippen molar-refractivity contribution in [2.45, 2.75) is 26.8 Å². The first kappa shape index (κ1) is 15.3. The summed E-state index contributed by atoms with van der Waals surface area (Å²) in [5, 5.41) is 4.55. The van der Waals surface area contributed by atoms with E-state index in [4.69, 9.17) is 5.73 Å². The molecule has 0 saturated carbocycles. The Hall–Kier alpha value is -2.14. The lowest BCUT2D eigenvalue weighted by molar-refractivity contribution is 0.0944. The van der Waals surface area contributed by atoms with E-state index in [9.17, 15) is 9.59 Å². The monoisotopic (exact) mass is 302 g/mol. The second-order valence-corrected chi connectivity index (χ2v) is 5.96. The molecule has 0 spiro atoms. The van der Waals surface area contributed by atoms with Crippen LogP contribution in [0.1, 0.15) is 49.7 Å². The molecule has 5 heteroatoms. The van der Waals surface area contributed by atoms with Gasteiger partial charge < -0.3 is 11.1 Å². The van der Waals surface area contributed by atoms with Crippen LogP contribution in [0, 0.1) is 13.8 Å². The summed E-state index contributed by atoms with van der Waals surface area (Å²) in [6.07, 6.45) is 0. The topological polar surface area (TPSA) is 72.2 Å². The number of carbonyl (C=O) groups excluding carboxylic acids is 2. The number of hydrogen-bond acceptors (Lipinski definition) is 3. The van der Waals surface area contributed by atoms with Crippen LogP contribution >= 0.6 is 11.3 Å². The van der Waals surface area contributed by atoms with E-state index in [1.807, 2.05) is 39.0 Å². The van der Waals surface area contributed by atoms with Gasteiger partial charge in [0.2, 0.25) is 5.91 Å². The van der Waals surface area contributed by atoms with Gasteiger partial charge in [-0.15, -0.1) is 11.3 Å². The summed E-state index contributed by atoms with van der Waals surface area (Å²) in [5.74, 6) is -0.714. The van der Waals surface area contributed by atoms with E-state index in [1.165, 1.54) is 28.5 Å². The standard InChI is InChI=1S/C16H18N2O2S/c1-9-5-4-6-13(10(9)2)11(3)18-16(20)14-7-12(8-21-14)15(17)19/h4-8,11H,1-3H3,(H2,17,19)(H,18,20)/t11-/m1/s1. The molecule has 2 amide bonds. The third-order valence-electron chi connectivity index (χ3n) is 3.57. The maximum absolute atomic E-state index is 12.2. The summed E-state index contributed by atoms with van der Waals surface area (Å²) in [6.45, 7) is 6.04. The minimum Gasteiger partial charge on any atom is -0.366 e. The van der Waals surface area contributed by atoms with Crippen LogP contribution in [-0.2, 0) is 0 Å². The maximum atomic E-state index is 12.2. The number of carbonyl (C=O) groups is 2. The summed E-state index contributed by atoms with van der Waals surface area (Å²) in [4.78, 5) is 23.8. The number of hydrogen-bond donors (Lipinski definition) is 2. The number of aryl methyl sites for hydroxylation is 1. The number of rotatable bonds is 4. The van der Waals surface area contributed by atoms with Crippen LogP contribution in [0.25, 0.3) is 0 Å². The summed E-state index contributed by atoms with van der Waals surface area (Å²) >= 11 is 1.22. The van der Waals surface area contributed by atoms with Crippen LogP contribution in [0.3, 0.4) is 0 Å². The SMILES string of the molecule is Cc1cccc([C@@H](C)NC(=O)c2cc(C(N)=O)cs2)c1C. The molecule has 0 bridgehead atoms. The molecular formula is C16H18N2O2S.